The van der Waals surface area contributed by atoms with Crippen molar-refractivity contribution in [2.24, 2.45) is 45.8 Å². The van der Waals surface area contributed by atoms with Crippen LogP contribution >= 0.6 is 11.6 Å². The molecule has 200 valence electrons. The number of aliphatic carboxylic acids is 1. The van der Waals surface area contributed by atoms with Crippen molar-refractivity contribution in [2.45, 2.75) is 72.2 Å². The maximum atomic E-state index is 13.5. The van der Waals surface area contributed by atoms with E-state index in [0.29, 0.717) is 42.9 Å². The Morgan fingerprint density at radius 1 is 1.33 bits per heavy atom. The van der Waals surface area contributed by atoms with Gasteiger partial charge < -0.3 is 19.4 Å². The number of hydrogen-bond acceptors (Lipinski definition) is 5. The lowest BCUT2D eigenvalue weighted by molar-refractivity contribution is -0.214. The fraction of sp³-hybridized carbons (Fsp3) is 0.793. The van der Waals surface area contributed by atoms with E-state index in [-0.39, 0.29) is 23.9 Å². The summed E-state index contributed by atoms with van der Waals surface area (Å²) in [5.41, 5.74) is -1.74. The van der Waals surface area contributed by atoms with E-state index in [4.69, 9.17) is 21.1 Å². The van der Waals surface area contributed by atoms with E-state index >= 15 is 0 Å². The molecular formula is C29H42ClNO5. The van der Waals surface area contributed by atoms with Crippen LogP contribution < -0.4 is 0 Å². The number of carboxylic acids is 1. The summed E-state index contributed by atoms with van der Waals surface area (Å²) in [7, 11) is 0. The van der Waals surface area contributed by atoms with Gasteiger partial charge in [-0.1, -0.05) is 57.0 Å². The van der Waals surface area contributed by atoms with Gasteiger partial charge in [-0.2, -0.15) is 0 Å². The van der Waals surface area contributed by atoms with Crippen LogP contribution in [0, 0.1) is 45.8 Å². The number of fused-ring (bicyclic) bond motifs is 2. The summed E-state index contributed by atoms with van der Waals surface area (Å²) >= 11 is 6.06. The highest BCUT2D eigenvalue weighted by atomic mass is 35.5. The number of halogens is 1. The van der Waals surface area contributed by atoms with E-state index in [1.165, 1.54) is 0 Å². The first-order valence-electron chi connectivity index (χ1n) is 13.8. The van der Waals surface area contributed by atoms with Crippen LogP contribution in [0.5, 0.6) is 0 Å². The summed E-state index contributed by atoms with van der Waals surface area (Å²) in [5, 5.41) is 11.7. The lowest BCUT2D eigenvalue weighted by Crippen LogP contribution is -2.63. The van der Waals surface area contributed by atoms with Gasteiger partial charge >= 0.3 is 5.97 Å². The highest BCUT2D eigenvalue weighted by Gasteiger charge is 2.84. The van der Waals surface area contributed by atoms with Crippen LogP contribution in [0.2, 0.25) is 0 Å². The van der Waals surface area contributed by atoms with Crippen LogP contribution in [0.4, 0.5) is 0 Å². The molecule has 6 nitrogen and oxygen atoms in total. The standard InChI is InChI=1S/C29H42ClNO5/c1-17(2)24-10-21-11-27(15-32)23-7-6-18(3)22(23)12-28(21,29(24,27)26(33)34)16-35-25-8-9-31(13-19(4)30)14-20(5)36-25/h10,15,17-18,20-23,25H,4,6-9,11-14,16H2,1-3,5H3,(H,33,34)/t18-,20-,21?,22-,23-,25-,27?,28?,29+/m1/s1. The number of carbonyl (C=O) groups excluding carboxylic acids is 1. The number of aldehydes is 1. The van der Waals surface area contributed by atoms with E-state index in [1.807, 2.05) is 6.92 Å². The predicted molar refractivity (Wildman–Crippen MR) is 138 cm³/mol. The highest BCUT2D eigenvalue weighted by Crippen LogP contribution is 2.82. The van der Waals surface area contributed by atoms with Crippen LogP contribution in [-0.4, -0.2) is 60.9 Å². The minimum Gasteiger partial charge on any atom is -0.481 e. The normalized spacial score (nSPS) is 45.9. The van der Waals surface area contributed by atoms with Gasteiger partial charge in [-0.15, -0.1) is 0 Å². The van der Waals surface area contributed by atoms with Gasteiger partial charge in [0, 0.05) is 36.5 Å². The average molecular weight is 520 g/mol. The van der Waals surface area contributed by atoms with Gasteiger partial charge in [0.05, 0.1) is 18.1 Å². The van der Waals surface area contributed by atoms with Gasteiger partial charge in [0.2, 0.25) is 0 Å². The quantitative estimate of drug-likeness (QED) is 0.354. The molecule has 0 spiro atoms. The maximum absolute atomic E-state index is 13.5. The summed E-state index contributed by atoms with van der Waals surface area (Å²) in [6.07, 6.45) is 6.96. The van der Waals surface area contributed by atoms with Gasteiger partial charge in [0.15, 0.2) is 6.29 Å². The Morgan fingerprint density at radius 2 is 2.08 bits per heavy atom. The average Bonchev–Trinajstić information content (AvgIpc) is 3.31. The van der Waals surface area contributed by atoms with E-state index in [1.54, 1.807) is 0 Å². The van der Waals surface area contributed by atoms with Crippen molar-refractivity contribution in [1.82, 2.24) is 4.90 Å². The molecule has 9 atom stereocenters. The van der Waals surface area contributed by atoms with Crippen molar-refractivity contribution < 1.29 is 24.2 Å². The summed E-state index contributed by atoms with van der Waals surface area (Å²) in [6.45, 7) is 14.7. The molecule has 5 aliphatic rings. The van der Waals surface area contributed by atoms with Crippen LogP contribution in [0.25, 0.3) is 0 Å². The van der Waals surface area contributed by atoms with E-state index in [9.17, 15) is 14.7 Å². The molecule has 4 aliphatic carbocycles. The van der Waals surface area contributed by atoms with E-state index in [0.717, 1.165) is 44.2 Å². The topological polar surface area (TPSA) is 76.1 Å². The number of carbonyl (C=O) groups is 2. The summed E-state index contributed by atoms with van der Waals surface area (Å²) in [6, 6.07) is 0. The Labute approximate surface area is 220 Å². The van der Waals surface area contributed by atoms with Crippen molar-refractivity contribution in [3.05, 3.63) is 23.3 Å². The molecule has 3 unspecified atom stereocenters. The van der Waals surface area contributed by atoms with Crippen LogP contribution in [0.3, 0.4) is 0 Å². The Morgan fingerprint density at radius 3 is 2.72 bits per heavy atom. The Hall–Kier alpha value is -1.21. The van der Waals surface area contributed by atoms with Crippen molar-refractivity contribution >= 4 is 23.9 Å². The second-order valence-electron chi connectivity index (χ2n) is 12.7. The summed E-state index contributed by atoms with van der Waals surface area (Å²) < 4.78 is 12.9. The second-order valence-corrected chi connectivity index (χ2v) is 13.2. The number of rotatable bonds is 8. The molecule has 1 saturated heterocycles. The first kappa shape index (κ1) is 26.4. The maximum Gasteiger partial charge on any atom is 0.315 e. The number of hydrogen-bond donors (Lipinski definition) is 1. The lowest BCUT2D eigenvalue weighted by Gasteiger charge is -2.58. The third-order valence-electron chi connectivity index (χ3n) is 10.6. The molecular weight excluding hydrogens is 478 g/mol. The van der Waals surface area contributed by atoms with Crippen LogP contribution in [0.15, 0.2) is 23.3 Å². The van der Waals surface area contributed by atoms with Crippen molar-refractivity contribution in [2.75, 3.05) is 26.2 Å². The predicted octanol–water partition coefficient (Wildman–Crippen LogP) is 5.12. The smallest absolute Gasteiger partial charge is 0.315 e. The third-order valence-corrected chi connectivity index (χ3v) is 10.7. The zero-order valence-electron chi connectivity index (χ0n) is 22.2. The fourth-order valence-corrected chi connectivity index (χ4v) is 9.67. The van der Waals surface area contributed by atoms with Crippen LogP contribution in [-0.2, 0) is 19.1 Å². The fourth-order valence-electron chi connectivity index (χ4n) is 9.50. The largest absolute Gasteiger partial charge is 0.481 e. The first-order chi connectivity index (χ1) is 17.0. The van der Waals surface area contributed by atoms with E-state index < -0.39 is 28.5 Å². The monoisotopic (exact) mass is 519 g/mol. The van der Waals surface area contributed by atoms with Gasteiger partial charge in [-0.25, -0.2) is 0 Å². The molecule has 4 fully saturated rings. The molecule has 1 N–H and O–H groups in total. The Balaban J connectivity index is 1.50. The Kier molecular flexibility index (Phi) is 6.76. The number of carboxylic acid groups (broad SMARTS) is 1. The number of nitrogens with zero attached hydrogens (tertiary/aromatic N) is 1. The minimum atomic E-state index is -1.20. The lowest BCUT2D eigenvalue weighted by atomic mass is 9.43. The SMILES string of the molecule is C=C(Cl)CN1CC[C@H](OCC23C[C@@H]4[C@H](C)CC[C@H]4C4(C=O)CC2C=C(C(C)C)[C@@]34C(=O)O)O[C@H](C)C1. The van der Waals surface area contributed by atoms with Gasteiger partial charge in [-0.3, -0.25) is 9.69 Å². The zero-order valence-corrected chi connectivity index (χ0v) is 22.9. The van der Waals surface area contributed by atoms with Crippen molar-refractivity contribution in [3.63, 3.8) is 0 Å². The minimum absolute atomic E-state index is 0.0354. The first-order valence-corrected chi connectivity index (χ1v) is 14.1. The highest BCUT2D eigenvalue weighted by molar-refractivity contribution is 6.29. The van der Waals surface area contributed by atoms with Gasteiger partial charge in [0.1, 0.15) is 11.7 Å². The van der Waals surface area contributed by atoms with Crippen molar-refractivity contribution in [1.29, 1.82) is 0 Å². The molecule has 1 aliphatic heterocycles. The van der Waals surface area contributed by atoms with Gasteiger partial charge in [0.25, 0.3) is 0 Å². The molecule has 3 saturated carbocycles. The molecule has 0 aromatic rings. The molecule has 36 heavy (non-hydrogen) atoms. The molecule has 4 bridgehead atoms. The molecule has 5 rings (SSSR count). The zero-order chi connectivity index (χ0) is 26.0. The summed E-state index contributed by atoms with van der Waals surface area (Å²) in [4.78, 5) is 28.9. The molecule has 0 amide bonds. The van der Waals surface area contributed by atoms with E-state index in [2.05, 4.69) is 38.3 Å². The molecule has 0 radical (unpaired) electrons. The third kappa shape index (κ3) is 3.47. The molecule has 7 heteroatoms. The Bertz CT molecular complexity index is 965. The second kappa shape index (κ2) is 9.21. The number of allylic oxidation sites excluding steroid dienone is 1. The summed E-state index contributed by atoms with van der Waals surface area (Å²) in [5.74, 6) is 0.243. The van der Waals surface area contributed by atoms with Gasteiger partial charge in [-0.05, 0) is 55.8 Å². The molecule has 1 heterocycles. The van der Waals surface area contributed by atoms with Crippen molar-refractivity contribution in [3.8, 4) is 0 Å². The molecule has 0 aromatic heterocycles. The number of ether oxygens (including phenoxy) is 2. The van der Waals surface area contributed by atoms with Crippen LogP contribution in [0.1, 0.15) is 59.8 Å². The molecule has 0 aromatic carbocycles.